The normalized spacial score (nSPS) is 13.6. The summed E-state index contributed by atoms with van der Waals surface area (Å²) in [5.74, 6) is -0.855. The molecule has 1 aliphatic rings. The molecule has 0 radical (unpaired) electrons. The minimum absolute atomic E-state index is 0.254. The number of amides is 1. The number of hydrogen-bond donors (Lipinski definition) is 2. The summed E-state index contributed by atoms with van der Waals surface area (Å²) in [6.07, 6.45) is 6.03. The van der Waals surface area contributed by atoms with Crippen LogP contribution in [0.2, 0.25) is 0 Å². The van der Waals surface area contributed by atoms with Crippen molar-refractivity contribution in [2.45, 2.75) is 45.6 Å². The van der Waals surface area contributed by atoms with Gasteiger partial charge in [0, 0.05) is 22.8 Å². The van der Waals surface area contributed by atoms with Crippen molar-refractivity contribution in [1.82, 2.24) is 9.97 Å². The summed E-state index contributed by atoms with van der Waals surface area (Å²) in [5.41, 5.74) is 2.54. The Bertz CT molecular complexity index is 1150. The lowest BCUT2D eigenvalue weighted by molar-refractivity contribution is -0.123. The molecule has 172 valence electrons. The van der Waals surface area contributed by atoms with E-state index < -0.39 is 23.9 Å². The average Bonchev–Trinajstić information content (AvgIpc) is 3.47. The van der Waals surface area contributed by atoms with Crippen molar-refractivity contribution < 1.29 is 23.9 Å². The van der Waals surface area contributed by atoms with Crippen molar-refractivity contribution >= 4 is 34.2 Å². The Balaban J connectivity index is 1.44. The Kier molecular flexibility index (Phi) is 6.88. The number of benzene rings is 1. The van der Waals surface area contributed by atoms with Crippen molar-refractivity contribution in [3.63, 3.8) is 0 Å². The Morgan fingerprint density at radius 3 is 2.61 bits per heavy atom. The van der Waals surface area contributed by atoms with E-state index in [1.165, 1.54) is 18.3 Å². The molecule has 8 nitrogen and oxygen atoms in total. The van der Waals surface area contributed by atoms with Crippen LogP contribution in [-0.2, 0) is 27.1 Å². The SMILES string of the molecule is CCOC(=O)c1c(NC(=O)C(C)OC(=O)c2ccc(-c3ncc[nH]3)cc2)sc2c1CCCC2. The van der Waals surface area contributed by atoms with E-state index in [4.69, 9.17) is 9.47 Å². The molecule has 33 heavy (non-hydrogen) atoms. The zero-order chi connectivity index (χ0) is 23.4. The molecule has 1 amide bonds. The first-order valence-electron chi connectivity index (χ1n) is 10.9. The van der Waals surface area contributed by atoms with E-state index >= 15 is 0 Å². The molecule has 0 fully saturated rings. The molecular weight excluding hydrogens is 442 g/mol. The highest BCUT2D eigenvalue weighted by Gasteiger charge is 2.29. The molecule has 4 rings (SSSR count). The molecule has 1 unspecified atom stereocenters. The monoisotopic (exact) mass is 467 g/mol. The van der Waals surface area contributed by atoms with Gasteiger partial charge in [0.25, 0.3) is 5.91 Å². The van der Waals surface area contributed by atoms with Crippen LogP contribution in [-0.4, -0.2) is 40.5 Å². The van der Waals surface area contributed by atoms with E-state index in [9.17, 15) is 14.4 Å². The zero-order valence-electron chi connectivity index (χ0n) is 18.5. The second kappa shape index (κ2) is 9.99. The number of nitrogens with one attached hydrogen (secondary N) is 2. The van der Waals surface area contributed by atoms with Crippen LogP contribution >= 0.6 is 11.3 Å². The fourth-order valence-electron chi connectivity index (χ4n) is 3.76. The zero-order valence-corrected chi connectivity index (χ0v) is 19.3. The van der Waals surface area contributed by atoms with Crippen LogP contribution < -0.4 is 5.32 Å². The van der Waals surface area contributed by atoms with Crippen molar-refractivity contribution in [2.24, 2.45) is 0 Å². The summed E-state index contributed by atoms with van der Waals surface area (Å²) in [5, 5.41) is 3.24. The van der Waals surface area contributed by atoms with E-state index in [0.717, 1.165) is 41.7 Å². The lowest BCUT2D eigenvalue weighted by atomic mass is 9.95. The molecule has 0 saturated carbocycles. The number of aromatic amines is 1. The van der Waals surface area contributed by atoms with Crippen LogP contribution in [0, 0.1) is 0 Å². The van der Waals surface area contributed by atoms with Crippen LogP contribution in [0.1, 0.15) is 57.8 Å². The topological polar surface area (TPSA) is 110 Å². The number of carbonyl (C=O) groups excluding carboxylic acids is 3. The van der Waals surface area contributed by atoms with Crippen LogP contribution in [0.15, 0.2) is 36.7 Å². The van der Waals surface area contributed by atoms with E-state index in [0.29, 0.717) is 22.0 Å². The van der Waals surface area contributed by atoms with Gasteiger partial charge in [-0.2, -0.15) is 0 Å². The molecule has 0 bridgehead atoms. The first-order valence-corrected chi connectivity index (χ1v) is 11.7. The van der Waals surface area contributed by atoms with Gasteiger partial charge in [-0.05, 0) is 57.2 Å². The Morgan fingerprint density at radius 1 is 1.15 bits per heavy atom. The number of aromatic nitrogens is 2. The molecule has 3 aromatic rings. The number of H-pyrrole nitrogens is 1. The number of esters is 2. The van der Waals surface area contributed by atoms with E-state index in [2.05, 4.69) is 15.3 Å². The lowest BCUT2D eigenvalue weighted by Gasteiger charge is -2.14. The molecule has 0 aliphatic heterocycles. The molecule has 9 heteroatoms. The van der Waals surface area contributed by atoms with Crippen LogP contribution in [0.3, 0.4) is 0 Å². The number of rotatable bonds is 7. The van der Waals surface area contributed by atoms with Crippen LogP contribution in [0.25, 0.3) is 11.4 Å². The maximum atomic E-state index is 12.8. The van der Waals surface area contributed by atoms with Gasteiger partial charge in [-0.15, -0.1) is 11.3 Å². The van der Waals surface area contributed by atoms with Gasteiger partial charge in [0.1, 0.15) is 10.8 Å². The van der Waals surface area contributed by atoms with E-state index in [1.54, 1.807) is 43.6 Å². The fraction of sp³-hybridized carbons (Fsp3) is 0.333. The number of imidazole rings is 1. The van der Waals surface area contributed by atoms with Crippen LogP contribution in [0.5, 0.6) is 0 Å². The second-order valence-electron chi connectivity index (χ2n) is 7.69. The van der Waals surface area contributed by atoms with E-state index in [1.807, 2.05) is 0 Å². The molecule has 2 N–H and O–H groups in total. The first kappa shape index (κ1) is 22.7. The maximum Gasteiger partial charge on any atom is 0.341 e. The molecule has 2 heterocycles. The Labute approximate surface area is 195 Å². The van der Waals surface area contributed by atoms with Crippen molar-refractivity contribution in [3.05, 3.63) is 58.2 Å². The molecule has 0 spiro atoms. The van der Waals surface area contributed by atoms with E-state index in [-0.39, 0.29) is 6.61 Å². The highest BCUT2D eigenvalue weighted by atomic mass is 32.1. The molecule has 1 atom stereocenters. The number of fused-ring (bicyclic) bond motifs is 1. The minimum Gasteiger partial charge on any atom is -0.462 e. The average molecular weight is 468 g/mol. The smallest absolute Gasteiger partial charge is 0.341 e. The molecule has 0 saturated heterocycles. The number of nitrogens with zero attached hydrogens (tertiary/aromatic N) is 1. The van der Waals surface area contributed by atoms with Crippen molar-refractivity contribution in [3.8, 4) is 11.4 Å². The van der Waals surface area contributed by atoms with Gasteiger partial charge in [-0.25, -0.2) is 14.6 Å². The first-order chi connectivity index (χ1) is 16.0. The standard InChI is InChI=1S/C24H25N3O5S/c1-3-31-24(30)19-17-6-4-5-7-18(17)33-22(19)27-21(28)14(2)32-23(29)16-10-8-15(9-11-16)20-25-12-13-26-20/h8-14H,3-7H2,1-2H3,(H,25,26)(H,27,28). The molecule has 1 aliphatic carbocycles. The summed E-state index contributed by atoms with van der Waals surface area (Å²) in [6, 6.07) is 6.75. The summed E-state index contributed by atoms with van der Waals surface area (Å²) in [4.78, 5) is 46.2. The number of carbonyl (C=O) groups is 3. The highest BCUT2D eigenvalue weighted by Crippen LogP contribution is 2.38. The summed E-state index contributed by atoms with van der Waals surface area (Å²) in [6.45, 7) is 3.50. The Hall–Kier alpha value is -3.46. The second-order valence-corrected chi connectivity index (χ2v) is 8.79. The van der Waals surface area contributed by atoms with Gasteiger partial charge in [-0.1, -0.05) is 12.1 Å². The number of hydrogen-bond acceptors (Lipinski definition) is 7. The van der Waals surface area contributed by atoms with Gasteiger partial charge >= 0.3 is 11.9 Å². The number of thiophene rings is 1. The van der Waals surface area contributed by atoms with Crippen molar-refractivity contribution in [2.75, 3.05) is 11.9 Å². The number of anilines is 1. The summed E-state index contributed by atoms with van der Waals surface area (Å²) < 4.78 is 10.6. The number of aryl methyl sites for hydroxylation is 1. The Morgan fingerprint density at radius 2 is 1.91 bits per heavy atom. The molecule has 1 aromatic carbocycles. The summed E-state index contributed by atoms with van der Waals surface area (Å²) in [7, 11) is 0. The third-order valence-electron chi connectivity index (χ3n) is 5.43. The molecule has 2 aromatic heterocycles. The predicted molar refractivity (Wildman–Crippen MR) is 124 cm³/mol. The van der Waals surface area contributed by atoms with Gasteiger partial charge in [-0.3, -0.25) is 4.79 Å². The van der Waals surface area contributed by atoms with Gasteiger partial charge < -0.3 is 19.8 Å². The maximum absolute atomic E-state index is 12.8. The predicted octanol–water partition coefficient (Wildman–Crippen LogP) is 4.38. The minimum atomic E-state index is -1.04. The highest BCUT2D eigenvalue weighted by molar-refractivity contribution is 7.17. The quantitative estimate of drug-likeness (QED) is 0.499. The molecular formula is C24H25N3O5S. The van der Waals surface area contributed by atoms with Crippen molar-refractivity contribution in [1.29, 1.82) is 0 Å². The van der Waals surface area contributed by atoms with Gasteiger partial charge in [0.05, 0.1) is 17.7 Å². The van der Waals surface area contributed by atoms with Gasteiger partial charge in [0.15, 0.2) is 6.10 Å². The third kappa shape index (κ3) is 4.98. The third-order valence-corrected chi connectivity index (χ3v) is 6.64. The summed E-state index contributed by atoms with van der Waals surface area (Å²) >= 11 is 1.40. The van der Waals surface area contributed by atoms with Gasteiger partial charge in [0.2, 0.25) is 0 Å². The number of ether oxygens (including phenoxy) is 2. The fourth-order valence-corrected chi connectivity index (χ4v) is 5.04. The van der Waals surface area contributed by atoms with Crippen LogP contribution in [0.4, 0.5) is 5.00 Å². The lowest BCUT2D eigenvalue weighted by Crippen LogP contribution is -2.30. The largest absolute Gasteiger partial charge is 0.462 e.